The monoisotopic (exact) mass is 475 g/mol. The first kappa shape index (κ1) is 21.2. The number of esters is 1. The Labute approximate surface area is 197 Å². The number of para-hydroxylation sites is 1. The van der Waals surface area contributed by atoms with Crippen molar-refractivity contribution in [1.29, 1.82) is 0 Å². The zero-order valence-corrected chi connectivity index (χ0v) is 18.3. The molecule has 6 rings (SSSR count). The van der Waals surface area contributed by atoms with Gasteiger partial charge in [0.2, 0.25) is 5.78 Å². The summed E-state index contributed by atoms with van der Waals surface area (Å²) in [5.74, 6) is -5.89. The van der Waals surface area contributed by atoms with E-state index in [1.807, 2.05) is 42.1 Å². The van der Waals surface area contributed by atoms with Crippen LogP contribution in [0.5, 0.6) is 11.5 Å². The van der Waals surface area contributed by atoms with Gasteiger partial charge in [0.25, 0.3) is 0 Å². The summed E-state index contributed by atoms with van der Waals surface area (Å²) in [5, 5.41) is 0.931. The summed E-state index contributed by atoms with van der Waals surface area (Å²) in [6, 6.07) is 12.3. The molecule has 0 saturated heterocycles. The lowest BCUT2D eigenvalue weighted by atomic mass is 9.84. The van der Waals surface area contributed by atoms with E-state index in [0.29, 0.717) is 5.56 Å². The summed E-state index contributed by atoms with van der Waals surface area (Å²) in [6.45, 7) is 0. The topological polar surface area (TPSA) is 57.5 Å². The highest BCUT2D eigenvalue weighted by Gasteiger charge is 2.39. The molecule has 174 valence electrons. The van der Waals surface area contributed by atoms with Crippen molar-refractivity contribution in [2.75, 3.05) is 0 Å². The summed E-state index contributed by atoms with van der Waals surface area (Å²) in [5.41, 5.74) is 2.34. The SMILES string of the molecule is Cn1cc(C=C2Oc3c(ccc4c3C(c3cc(F)c(F)c(F)c3)CC(=O)O4)C2=O)c2ccccc21. The average molecular weight is 475 g/mol. The van der Waals surface area contributed by atoms with E-state index in [9.17, 15) is 22.8 Å². The standard InChI is InChI=1S/C27H16F3NO4/c1-31-12-14(15-4-2-3-5-20(15)31)10-22-26(33)16-6-7-21-24(27(16)35-22)17(11-23(32)34-21)13-8-18(28)25(30)19(29)9-13/h2-10,12,17H,11H2,1H3. The fourth-order valence-corrected chi connectivity index (χ4v) is 4.80. The number of hydrogen-bond donors (Lipinski definition) is 0. The predicted molar refractivity (Wildman–Crippen MR) is 121 cm³/mol. The second-order valence-corrected chi connectivity index (χ2v) is 8.54. The molecule has 1 aromatic heterocycles. The van der Waals surface area contributed by atoms with Gasteiger partial charge in [0.1, 0.15) is 11.5 Å². The lowest BCUT2D eigenvalue weighted by molar-refractivity contribution is -0.135. The van der Waals surface area contributed by atoms with Crippen molar-refractivity contribution in [3.8, 4) is 11.5 Å². The van der Waals surface area contributed by atoms with Gasteiger partial charge in [-0.2, -0.15) is 0 Å². The van der Waals surface area contributed by atoms with Gasteiger partial charge in [-0.3, -0.25) is 9.59 Å². The number of ketones is 1. The number of aromatic nitrogens is 1. The van der Waals surface area contributed by atoms with Gasteiger partial charge in [0.15, 0.2) is 23.2 Å². The van der Waals surface area contributed by atoms with Crippen LogP contribution < -0.4 is 9.47 Å². The average Bonchev–Trinajstić information content (AvgIpc) is 3.33. The Kier molecular flexibility index (Phi) is 4.60. The van der Waals surface area contributed by atoms with E-state index in [4.69, 9.17) is 9.47 Å². The Morgan fingerprint density at radius 3 is 2.51 bits per heavy atom. The molecule has 0 bridgehead atoms. The van der Waals surface area contributed by atoms with Gasteiger partial charge in [0, 0.05) is 41.2 Å². The minimum Gasteiger partial charge on any atom is -0.452 e. The van der Waals surface area contributed by atoms with Crippen LogP contribution in [-0.4, -0.2) is 16.3 Å². The quantitative estimate of drug-likeness (QED) is 0.163. The maximum atomic E-state index is 14.0. The number of carbonyl (C=O) groups is 2. The highest BCUT2D eigenvalue weighted by molar-refractivity contribution is 6.15. The summed E-state index contributed by atoms with van der Waals surface area (Å²) >= 11 is 0. The Balaban J connectivity index is 1.48. The second-order valence-electron chi connectivity index (χ2n) is 8.54. The number of rotatable bonds is 2. The normalized spacial score (nSPS) is 17.9. The van der Waals surface area contributed by atoms with Crippen LogP contribution in [0.1, 0.15) is 39.4 Å². The van der Waals surface area contributed by atoms with E-state index in [2.05, 4.69) is 0 Å². The van der Waals surface area contributed by atoms with Crippen molar-refractivity contribution >= 4 is 28.7 Å². The molecule has 1 unspecified atom stereocenters. The number of ether oxygens (including phenoxy) is 2. The van der Waals surface area contributed by atoms with E-state index in [1.54, 1.807) is 6.08 Å². The lowest BCUT2D eigenvalue weighted by Gasteiger charge is -2.26. The molecule has 0 radical (unpaired) electrons. The number of fused-ring (bicyclic) bond motifs is 4. The zero-order valence-electron chi connectivity index (χ0n) is 18.3. The Morgan fingerprint density at radius 2 is 1.74 bits per heavy atom. The van der Waals surface area contributed by atoms with E-state index < -0.39 is 29.3 Å². The van der Waals surface area contributed by atoms with Crippen molar-refractivity contribution < 1.29 is 32.2 Å². The van der Waals surface area contributed by atoms with Crippen LogP contribution in [0, 0.1) is 17.5 Å². The third-order valence-electron chi connectivity index (χ3n) is 6.40. The lowest BCUT2D eigenvalue weighted by Crippen LogP contribution is -2.22. The highest BCUT2D eigenvalue weighted by Crippen LogP contribution is 2.49. The van der Waals surface area contributed by atoms with E-state index >= 15 is 0 Å². The number of benzene rings is 3. The number of nitrogens with zero attached hydrogens (tertiary/aromatic N) is 1. The number of halogens is 3. The van der Waals surface area contributed by atoms with Crippen molar-refractivity contribution in [3.63, 3.8) is 0 Å². The number of allylic oxidation sites excluding steroid dienone is 1. The summed E-state index contributed by atoms with van der Waals surface area (Å²) < 4.78 is 54.9. The summed E-state index contributed by atoms with van der Waals surface area (Å²) in [4.78, 5) is 25.5. The fraction of sp³-hybridized carbons (Fsp3) is 0.111. The van der Waals surface area contributed by atoms with Crippen LogP contribution in [0.25, 0.3) is 17.0 Å². The van der Waals surface area contributed by atoms with Gasteiger partial charge < -0.3 is 14.0 Å². The molecule has 0 fully saturated rings. The zero-order chi connectivity index (χ0) is 24.4. The van der Waals surface area contributed by atoms with Crippen molar-refractivity contribution in [2.24, 2.45) is 7.05 Å². The van der Waals surface area contributed by atoms with E-state index in [1.165, 1.54) is 12.1 Å². The fourth-order valence-electron chi connectivity index (χ4n) is 4.80. The molecule has 2 aliphatic heterocycles. The minimum absolute atomic E-state index is 0.0373. The first-order valence-electron chi connectivity index (χ1n) is 10.8. The molecule has 1 atom stereocenters. The molecule has 35 heavy (non-hydrogen) atoms. The third kappa shape index (κ3) is 3.24. The first-order chi connectivity index (χ1) is 16.8. The first-order valence-corrected chi connectivity index (χ1v) is 10.8. The van der Waals surface area contributed by atoms with Crippen molar-refractivity contribution in [1.82, 2.24) is 4.57 Å². The molecule has 0 spiro atoms. The molecule has 8 heteroatoms. The van der Waals surface area contributed by atoms with Crippen LogP contribution in [0.4, 0.5) is 13.2 Å². The Bertz CT molecular complexity index is 1600. The van der Waals surface area contributed by atoms with Crippen LogP contribution >= 0.6 is 0 Å². The van der Waals surface area contributed by atoms with Gasteiger partial charge in [-0.05, 0) is 42.0 Å². The number of hydrogen-bond acceptors (Lipinski definition) is 4. The number of carbonyl (C=O) groups excluding carboxylic acids is 2. The molecular formula is C27H16F3NO4. The Morgan fingerprint density at radius 1 is 1.00 bits per heavy atom. The van der Waals surface area contributed by atoms with Crippen molar-refractivity contribution in [2.45, 2.75) is 12.3 Å². The van der Waals surface area contributed by atoms with Gasteiger partial charge >= 0.3 is 5.97 Å². The molecule has 3 aromatic carbocycles. The molecule has 0 amide bonds. The predicted octanol–water partition coefficient (Wildman–Crippen LogP) is 5.65. The Hall–Kier alpha value is -4.33. The van der Waals surface area contributed by atoms with Gasteiger partial charge in [0.05, 0.1) is 12.0 Å². The van der Waals surface area contributed by atoms with Crippen LogP contribution in [0.15, 0.2) is 60.5 Å². The maximum Gasteiger partial charge on any atom is 0.312 e. The molecule has 3 heterocycles. The van der Waals surface area contributed by atoms with Gasteiger partial charge in [-0.1, -0.05) is 18.2 Å². The van der Waals surface area contributed by atoms with Crippen molar-refractivity contribution in [3.05, 3.63) is 100 Å². The summed E-state index contributed by atoms with van der Waals surface area (Å²) in [7, 11) is 1.90. The molecular weight excluding hydrogens is 459 g/mol. The van der Waals surface area contributed by atoms with Gasteiger partial charge in [-0.15, -0.1) is 0 Å². The minimum atomic E-state index is -1.60. The number of aryl methyl sites for hydroxylation is 1. The van der Waals surface area contributed by atoms with Crippen LogP contribution in [0.3, 0.4) is 0 Å². The molecule has 0 N–H and O–H groups in total. The second kappa shape index (κ2) is 7.59. The molecule has 4 aromatic rings. The van der Waals surface area contributed by atoms with E-state index in [0.717, 1.165) is 28.6 Å². The van der Waals surface area contributed by atoms with Crippen LogP contribution in [-0.2, 0) is 11.8 Å². The van der Waals surface area contributed by atoms with Crippen LogP contribution in [0.2, 0.25) is 0 Å². The molecule has 0 aliphatic carbocycles. The smallest absolute Gasteiger partial charge is 0.312 e. The summed E-state index contributed by atoms with van der Waals surface area (Å²) in [6.07, 6.45) is 3.26. The molecule has 0 saturated carbocycles. The largest absolute Gasteiger partial charge is 0.452 e. The highest BCUT2D eigenvalue weighted by atomic mass is 19.2. The van der Waals surface area contributed by atoms with Gasteiger partial charge in [-0.25, -0.2) is 13.2 Å². The maximum absolute atomic E-state index is 14.0. The third-order valence-corrected chi connectivity index (χ3v) is 6.40. The molecule has 5 nitrogen and oxygen atoms in total. The molecule has 2 aliphatic rings. The number of Topliss-reactive ketones (excluding diaryl/α,β-unsaturated/α-hetero) is 1. The van der Waals surface area contributed by atoms with E-state index in [-0.39, 0.29) is 40.6 Å².